The van der Waals surface area contributed by atoms with Gasteiger partial charge in [-0.15, -0.1) is 0 Å². The first-order valence-electron chi connectivity index (χ1n) is 8.74. The van der Waals surface area contributed by atoms with E-state index in [1.807, 2.05) is 6.07 Å². The molecular formula is C21H18ClNO5. The fraction of sp³-hybridized carbons (Fsp3) is 0.238. The quantitative estimate of drug-likeness (QED) is 0.733. The summed E-state index contributed by atoms with van der Waals surface area (Å²) in [6, 6.07) is 12.3. The van der Waals surface area contributed by atoms with Gasteiger partial charge in [-0.25, -0.2) is 4.79 Å². The maximum atomic E-state index is 13.1. The van der Waals surface area contributed by atoms with Crippen molar-refractivity contribution in [3.8, 4) is 11.5 Å². The molecule has 2 heterocycles. The summed E-state index contributed by atoms with van der Waals surface area (Å²) < 4.78 is 16.0. The van der Waals surface area contributed by atoms with Crippen molar-refractivity contribution in [1.82, 2.24) is 0 Å². The summed E-state index contributed by atoms with van der Waals surface area (Å²) in [6.07, 6.45) is 0.124. The van der Waals surface area contributed by atoms with Crippen molar-refractivity contribution >= 4 is 29.2 Å². The number of benzene rings is 2. The van der Waals surface area contributed by atoms with Gasteiger partial charge in [0.05, 0.1) is 25.5 Å². The van der Waals surface area contributed by atoms with Crippen LogP contribution >= 0.6 is 11.6 Å². The van der Waals surface area contributed by atoms with Crippen molar-refractivity contribution < 1.29 is 23.8 Å². The molecule has 1 atom stereocenters. The van der Waals surface area contributed by atoms with Gasteiger partial charge in [-0.2, -0.15) is 0 Å². The number of methoxy groups -OCH3 is 2. The highest BCUT2D eigenvalue weighted by molar-refractivity contribution is 6.30. The van der Waals surface area contributed by atoms with E-state index >= 15 is 0 Å². The molecule has 2 aromatic rings. The predicted octanol–water partition coefficient (Wildman–Crippen LogP) is 3.69. The van der Waals surface area contributed by atoms with Gasteiger partial charge in [0.1, 0.15) is 18.1 Å². The van der Waals surface area contributed by atoms with E-state index in [-0.39, 0.29) is 18.9 Å². The Morgan fingerprint density at radius 3 is 2.50 bits per heavy atom. The number of cyclic esters (lactones) is 1. The van der Waals surface area contributed by atoms with E-state index in [1.165, 1.54) is 0 Å². The van der Waals surface area contributed by atoms with Crippen LogP contribution < -0.4 is 14.4 Å². The van der Waals surface area contributed by atoms with Crippen LogP contribution in [0.3, 0.4) is 0 Å². The maximum absolute atomic E-state index is 13.1. The van der Waals surface area contributed by atoms with Gasteiger partial charge in [-0.05, 0) is 30.3 Å². The minimum Gasteiger partial charge on any atom is -0.497 e. The van der Waals surface area contributed by atoms with Crippen molar-refractivity contribution in [2.45, 2.75) is 12.3 Å². The molecule has 0 saturated carbocycles. The van der Waals surface area contributed by atoms with E-state index in [9.17, 15) is 9.59 Å². The molecule has 2 aliphatic rings. The van der Waals surface area contributed by atoms with Gasteiger partial charge in [0, 0.05) is 34.7 Å². The van der Waals surface area contributed by atoms with Gasteiger partial charge in [0.25, 0.3) is 0 Å². The molecule has 4 rings (SSSR count). The molecule has 0 fully saturated rings. The van der Waals surface area contributed by atoms with Crippen molar-refractivity contribution in [2.24, 2.45) is 0 Å². The van der Waals surface area contributed by atoms with Crippen LogP contribution in [0.4, 0.5) is 5.69 Å². The average molecular weight is 400 g/mol. The SMILES string of the molecule is COc1ccc([C@H]2CC(=O)N(c3ccc(Cl)cc3)C3=C2C(=O)OC3)c(OC)c1. The van der Waals surface area contributed by atoms with E-state index in [0.29, 0.717) is 33.5 Å². The first kappa shape index (κ1) is 18.4. The smallest absolute Gasteiger partial charge is 0.336 e. The lowest BCUT2D eigenvalue weighted by atomic mass is 9.83. The second-order valence-corrected chi connectivity index (χ2v) is 6.94. The Labute approximate surface area is 167 Å². The molecule has 0 radical (unpaired) electrons. The van der Waals surface area contributed by atoms with Crippen molar-refractivity contribution in [2.75, 3.05) is 25.7 Å². The fourth-order valence-corrected chi connectivity index (χ4v) is 3.84. The number of amides is 1. The highest BCUT2D eigenvalue weighted by Gasteiger charge is 2.43. The van der Waals surface area contributed by atoms with Gasteiger partial charge < -0.3 is 14.2 Å². The largest absolute Gasteiger partial charge is 0.497 e. The highest BCUT2D eigenvalue weighted by atomic mass is 35.5. The van der Waals surface area contributed by atoms with Crippen LogP contribution in [0.15, 0.2) is 53.7 Å². The number of hydrogen-bond acceptors (Lipinski definition) is 5. The maximum Gasteiger partial charge on any atom is 0.336 e. The van der Waals surface area contributed by atoms with Crippen LogP contribution in [-0.4, -0.2) is 32.7 Å². The molecule has 0 aliphatic carbocycles. The average Bonchev–Trinajstić information content (AvgIpc) is 3.09. The minimum absolute atomic E-state index is 0.0531. The van der Waals surface area contributed by atoms with E-state index in [1.54, 1.807) is 55.5 Å². The zero-order valence-corrected chi connectivity index (χ0v) is 16.2. The second-order valence-electron chi connectivity index (χ2n) is 6.51. The zero-order chi connectivity index (χ0) is 19.8. The third-order valence-corrected chi connectivity index (χ3v) is 5.27. The monoisotopic (exact) mass is 399 g/mol. The molecule has 2 aliphatic heterocycles. The third kappa shape index (κ3) is 2.99. The number of esters is 1. The van der Waals surface area contributed by atoms with Gasteiger partial charge in [-0.3, -0.25) is 9.69 Å². The van der Waals surface area contributed by atoms with E-state index in [4.69, 9.17) is 25.8 Å². The number of hydrogen-bond donors (Lipinski definition) is 0. The number of rotatable bonds is 4. The minimum atomic E-state index is -0.443. The lowest BCUT2D eigenvalue weighted by Crippen LogP contribution is -2.37. The molecule has 0 saturated heterocycles. The topological polar surface area (TPSA) is 65.1 Å². The van der Waals surface area contributed by atoms with Gasteiger partial charge in [0.15, 0.2) is 0 Å². The molecule has 144 valence electrons. The molecule has 1 amide bonds. The summed E-state index contributed by atoms with van der Waals surface area (Å²) in [5.41, 5.74) is 2.45. The summed E-state index contributed by atoms with van der Waals surface area (Å²) in [7, 11) is 3.11. The summed E-state index contributed by atoms with van der Waals surface area (Å²) in [5, 5.41) is 0.571. The van der Waals surface area contributed by atoms with Gasteiger partial charge in [0.2, 0.25) is 5.91 Å². The molecule has 28 heavy (non-hydrogen) atoms. The summed E-state index contributed by atoms with van der Waals surface area (Å²) in [6.45, 7) is 0.0531. The van der Waals surface area contributed by atoms with Crippen LogP contribution in [0, 0.1) is 0 Å². The van der Waals surface area contributed by atoms with E-state index < -0.39 is 11.9 Å². The first-order valence-corrected chi connectivity index (χ1v) is 9.12. The number of halogens is 1. The molecule has 2 aromatic carbocycles. The van der Waals surface area contributed by atoms with Crippen LogP contribution in [0.1, 0.15) is 17.9 Å². The number of ether oxygens (including phenoxy) is 3. The number of anilines is 1. The zero-order valence-electron chi connectivity index (χ0n) is 15.4. The van der Waals surface area contributed by atoms with Crippen LogP contribution in [-0.2, 0) is 14.3 Å². The summed E-state index contributed by atoms with van der Waals surface area (Å²) in [4.78, 5) is 27.2. The Hall–Kier alpha value is -2.99. The molecule has 6 nitrogen and oxygen atoms in total. The molecular weight excluding hydrogens is 382 g/mol. The first-order chi connectivity index (χ1) is 13.5. The molecule has 0 bridgehead atoms. The lowest BCUT2D eigenvalue weighted by molar-refractivity contribution is -0.136. The van der Waals surface area contributed by atoms with E-state index in [2.05, 4.69) is 0 Å². The van der Waals surface area contributed by atoms with Gasteiger partial charge in [-0.1, -0.05) is 17.7 Å². The Morgan fingerprint density at radius 1 is 1.07 bits per heavy atom. The molecule has 0 N–H and O–H groups in total. The fourth-order valence-electron chi connectivity index (χ4n) is 3.72. The van der Waals surface area contributed by atoms with Crippen molar-refractivity contribution in [3.05, 3.63) is 64.3 Å². The predicted molar refractivity (Wildman–Crippen MR) is 104 cm³/mol. The van der Waals surface area contributed by atoms with Crippen LogP contribution in [0.25, 0.3) is 0 Å². The third-order valence-electron chi connectivity index (χ3n) is 5.02. The molecule has 0 spiro atoms. The molecule has 0 aromatic heterocycles. The highest BCUT2D eigenvalue weighted by Crippen LogP contribution is 2.45. The Bertz CT molecular complexity index is 983. The van der Waals surface area contributed by atoms with Crippen molar-refractivity contribution in [1.29, 1.82) is 0 Å². The number of carbonyl (C=O) groups excluding carboxylic acids is 2. The second kappa shape index (κ2) is 7.20. The molecule has 0 unspecified atom stereocenters. The van der Waals surface area contributed by atoms with Crippen molar-refractivity contribution in [3.63, 3.8) is 0 Å². The van der Waals surface area contributed by atoms with Crippen LogP contribution in [0.5, 0.6) is 11.5 Å². The number of nitrogens with zero attached hydrogens (tertiary/aromatic N) is 1. The van der Waals surface area contributed by atoms with Gasteiger partial charge >= 0.3 is 5.97 Å². The Kier molecular flexibility index (Phi) is 4.73. The Morgan fingerprint density at radius 2 is 1.82 bits per heavy atom. The Balaban J connectivity index is 1.83. The van der Waals surface area contributed by atoms with E-state index in [0.717, 1.165) is 5.56 Å². The standard InChI is InChI=1S/C21H18ClNO5/c1-26-14-7-8-15(18(9-14)27-2)16-10-19(24)23(13-5-3-12(22)4-6-13)17-11-28-21(25)20(16)17/h3-9,16H,10-11H2,1-2H3/t16-/m1/s1. The summed E-state index contributed by atoms with van der Waals surface area (Å²) in [5.74, 6) is 0.214. The lowest BCUT2D eigenvalue weighted by Gasteiger charge is -2.32. The summed E-state index contributed by atoms with van der Waals surface area (Å²) >= 11 is 5.96. The van der Waals surface area contributed by atoms with Crippen LogP contribution in [0.2, 0.25) is 5.02 Å². The number of carbonyl (C=O) groups is 2. The molecule has 7 heteroatoms. The normalized spacial score (nSPS) is 18.8.